The zero-order chi connectivity index (χ0) is 19.0. The van der Waals surface area contributed by atoms with Crippen molar-refractivity contribution in [2.24, 2.45) is 0 Å². The minimum Gasteiger partial charge on any atom is -0.541 e. The maximum atomic E-state index is 6.83. The van der Waals surface area contributed by atoms with Crippen LogP contribution in [-0.2, 0) is 5.41 Å². The molecule has 0 fully saturated rings. The third kappa shape index (κ3) is 4.39. The second-order valence-electron chi connectivity index (χ2n) is 9.01. The molecule has 0 unspecified atom stereocenters. The Hall–Kier alpha value is -1.46. The molecule has 1 aromatic carbocycles. The van der Waals surface area contributed by atoms with E-state index in [-0.39, 0.29) is 10.5 Å². The Morgan fingerprint density at radius 1 is 1.08 bits per heavy atom. The van der Waals surface area contributed by atoms with E-state index in [1.807, 2.05) is 12.1 Å². The predicted molar refractivity (Wildman–Crippen MR) is 110 cm³/mol. The van der Waals surface area contributed by atoms with Crippen LogP contribution in [0, 0.1) is 0 Å². The Morgan fingerprint density at radius 3 is 2.20 bits per heavy atom. The minimum atomic E-state index is -2.04. The van der Waals surface area contributed by atoms with Crippen LogP contribution in [0.4, 0.5) is 11.5 Å². The topological polar surface area (TPSA) is 49.9 Å². The SMILES string of the molecule is CC(C)(C)c1ccc(Nc2ccn[nH]2)c(O[Si](C)(C)C(C)(C)C)c1Cl. The lowest BCUT2D eigenvalue weighted by Crippen LogP contribution is -2.44. The Balaban J connectivity index is 2.55. The second-order valence-corrected chi connectivity index (χ2v) is 14.1. The Labute approximate surface area is 157 Å². The quantitative estimate of drug-likeness (QED) is 0.597. The fourth-order valence-corrected chi connectivity index (χ4v) is 3.79. The second kappa shape index (κ2) is 6.69. The van der Waals surface area contributed by atoms with Gasteiger partial charge in [-0.15, -0.1) is 0 Å². The molecule has 0 aliphatic carbocycles. The van der Waals surface area contributed by atoms with Crippen LogP contribution in [-0.4, -0.2) is 18.5 Å². The van der Waals surface area contributed by atoms with E-state index in [4.69, 9.17) is 16.0 Å². The van der Waals surface area contributed by atoms with Crippen molar-refractivity contribution in [1.82, 2.24) is 10.2 Å². The van der Waals surface area contributed by atoms with Crippen LogP contribution >= 0.6 is 11.6 Å². The summed E-state index contributed by atoms with van der Waals surface area (Å²) in [6.45, 7) is 17.6. The average Bonchev–Trinajstić information content (AvgIpc) is 2.93. The van der Waals surface area contributed by atoms with Gasteiger partial charge in [-0.3, -0.25) is 5.10 Å². The summed E-state index contributed by atoms with van der Waals surface area (Å²) in [7, 11) is -2.04. The van der Waals surface area contributed by atoms with Crippen molar-refractivity contribution < 1.29 is 4.43 Å². The van der Waals surface area contributed by atoms with Gasteiger partial charge in [0.25, 0.3) is 8.32 Å². The first-order valence-corrected chi connectivity index (χ1v) is 11.9. The number of nitrogens with zero attached hydrogens (tertiary/aromatic N) is 1. The molecule has 0 bridgehead atoms. The van der Waals surface area contributed by atoms with E-state index in [0.29, 0.717) is 5.02 Å². The first kappa shape index (κ1) is 19.9. The number of aromatic amines is 1. The van der Waals surface area contributed by atoms with Gasteiger partial charge in [-0.2, -0.15) is 5.10 Å². The molecule has 6 heteroatoms. The van der Waals surface area contributed by atoms with Gasteiger partial charge in [0.1, 0.15) is 11.6 Å². The third-order valence-corrected chi connectivity index (χ3v) is 9.54. The van der Waals surface area contributed by atoms with Gasteiger partial charge in [0.2, 0.25) is 0 Å². The van der Waals surface area contributed by atoms with E-state index in [9.17, 15) is 0 Å². The van der Waals surface area contributed by atoms with E-state index in [1.54, 1.807) is 6.20 Å². The predicted octanol–water partition coefficient (Wildman–Crippen LogP) is 6.49. The number of H-pyrrole nitrogens is 1. The minimum absolute atomic E-state index is 0.0604. The lowest BCUT2D eigenvalue weighted by molar-refractivity contribution is 0.490. The summed E-state index contributed by atoms with van der Waals surface area (Å²) in [5.74, 6) is 1.54. The molecule has 138 valence electrons. The molecular weight excluding hydrogens is 350 g/mol. The van der Waals surface area contributed by atoms with Gasteiger partial charge in [0, 0.05) is 6.07 Å². The van der Waals surface area contributed by atoms with Gasteiger partial charge in [-0.1, -0.05) is 59.2 Å². The summed E-state index contributed by atoms with van der Waals surface area (Å²) >= 11 is 6.83. The molecule has 0 saturated carbocycles. The van der Waals surface area contributed by atoms with E-state index in [1.165, 1.54) is 0 Å². The largest absolute Gasteiger partial charge is 0.541 e. The van der Waals surface area contributed by atoms with Gasteiger partial charge in [-0.05, 0) is 35.2 Å². The van der Waals surface area contributed by atoms with Crippen LogP contribution in [0.2, 0.25) is 23.2 Å². The smallest absolute Gasteiger partial charge is 0.250 e. The van der Waals surface area contributed by atoms with Gasteiger partial charge in [0.15, 0.2) is 0 Å². The number of aromatic nitrogens is 2. The fourth-order valence-electron chi connectivity index (χ4n) is 2.21. The van der Waals surface area contributed by atoms with E-state index >= 15 is 0 Å². The summed E-state index contributed by atoms with van der Waals surface area (Å²) in [4.78, 5) is 0. The summed E-state index contributed by atoms with van der Waals surface area (Å²) in [6.07, 6.45) is 1.71. The van der Waals surface area contributed by atoms with Crippen molar-refractivity contribution in [2.75, 3.05) is 5.32 Å². The molecule has 2 N–H and O–H groups in total. The lowest BCUT2D eigenvalue weighted by Gasteiger charge is -2.38. The lowest BCUT2D eigenvalue weighted by atomic mass is 9.86. The van der Waals surface area contributed by atoms with Crippen molar-refractivity contribution >= 4 is 31.4 Å². The van der Waals surface area contributed by atoms with Gasteiger partial charge >= 0.3 is 0 Å². The number of nitrogens with one attached hydrogen (secondary N) is 2. The van der Waals surface area contributed by atoms with E-state index < -0.39 is 8.32 Å². The Kier molecular flexibility index (Phi) is 5.31. The highest BCUT2D eigenvalue weighted by molar-refractivity contribution is 6.74. The zero-order valence-corrected chi connectivity index (χ0v) is 18.3. The van der Waals surface area contributed by atoms with Crippen LogP contribution in [0.15, 0.2) is 24.4 Å². The molecule has 0 saturated heterocycles. The van der Waals surface area contributed by atoms with Crippen LogP contribution in [0.25, 0.3) is 0 Å². The normalized spacial score (nSPS) is 13.0. The highest BCUT2D eigenvalue weighted by Crippen LogP contribution is 2.46. The summed E-state index contributed by atoms with van der Waals surface area (Å²) in [5.41, 5.74) is 1.87. The van der Waals surface area contributed by atoms with Crippen molar-refractivity contribution in [2.45, 2.75) is 65.1 Å². The summed E-state index contributed by atoms with van der Waals surface area (Å²) < 4.78 is 6.62. The number of halogens is 1. The molecule has 0 aliphatic rings. The molecule has 0 radical (unpaired) electrons. The number of anilines is 2. The molecule has 0 amide bonds. The third-order valence-electron chi connectivity index (χ3n) is 4.84. The molecule has 0 atom stereocenters. The number of rotatable bonds is 4. The highest BCUT2D eigenvalue weighted by Gasteiger charge is 2.40. The molecular formula is C19H30ClN3OSi. The maximum Gasteiger partial charge on any atom is 0.250 e. The first-order valence-electron chi connectivity index (χ1n) is 8.61. The standard InChI is InChI=1S/C19H30ClN3OSi/c1-18(2,3)13-9-10-14(22-15-11-12-21-23-15)17(16(13)20)24-25(7,8)19(4,5)6/h9-12H,1-8H3,(H2,21,22,23). The Morgan fingerprint density at radius 2 is 1.72 bits per heavy atom. The average molecular weight is 380 g/mol. The molecule has 0 aliphatic heterocycles. The highest BCUT2D eigenvalue weighted by atomic mass is 35.5. The van der Waals surface area contributed by atoms with Crippen molar-refractivity contribution in [3.05, 3.63) is 35.0 Å². The van der Waals surface area contributed by atoms with Crippen LogP contribution in [0.5, 0.6) is 5.75 Å². The number of hydrogen-bond donors (Lipinski definition) is 2. The number of hydrogen-bond acceptors (Lipinski definition) is 3. The Bertz CT molecular complexity index is 728. The number of benzene rings is 1. The molecule has 0 spiro atoms. The monoisotopic (exact) mass is 379 g/mol. The van der Waals surface area contributed by atoms with Gasteiger partial charge < -0.3 is 9.74 Å². The molecule has 1 heterocycles. The molecule has 2 rings (SSSR count). The molecule has 1 aromatic heterocycles. The summed E-state index contributed by atoms with van der Waals surface area (Å²) in [5, 5.41) is 11.0. The van der Waals surface area contributed by atoms with Gasteiger partial charge in [-0.25, -0.2) is 0 Å². The van der Waals surface area contributed by atoms with E-state index in [0.717, 1.165) is 22.8 Å². The first-order chi connectivity index (χ1) is 11.3. The van der Waals surface area contributed by atoms with E-state index in [2.05, 4.69) is 76.2 Å². The molecule has 4 nitrogen and oxygen atoms in total. The van der Waals surface area contributed by atoms with Crippen molar-refractivity contribution in [3.8, 4) is 5.75 Å². The van der Waals surface area contributed by atoms with Crippen LogP contribution < -0.4 is 9.74 Å². The summed E-state index contributed by atoms with van der Waals surface area (Å²) in [6, 6.07) is 5.98. The maximum absolute atomic E-state index is 6.83. The van der Waals surface area contributed by atoms with Crippen molar-refractivity contribution in [1.29, 1.82) is 0 Å². The fraction of sp³-hybridized carbons (Fsp3) is 0.526. The van der Waals surface area contributed by atoms with Crippen LogP contribution in [0.3, 0.4) is 0 Å². The van der Waals surface area contributed by atoms with Crippen molar-refractivity contribution in [3.63, 3.8) is 0 Å². The van der Waals surface area contributed by atoms with Crippen LogP contribution in [0.1, 0.15) is 47.1 Å². The molecule has 2 aromatic rings. The molecule has 25 heavy (non-hydrogen) atoms. The van der Waals surface area contributed by atoms with Gasteiger partial charge in [0.05, 0.1) is 16.9 Å². The zero-order valence-electron chi connectivity index (χ0n) is 16.5.